The molecule has 0 radical (unpaired) electrons. The number of imidazole rings is 1. The van der Waals surface area contributed by atoms with Gasteiger partial charge in [-0.15, -0.1) is 0 Å². The van der Waals surface area contributed by atoms with Gasteiger partial charge in [-0.3, -0.25) is 9.99 Å². The highest BCUT2D eigenvalue weighted by molar-refractivity contribution is 5.82. The molecule has 1 fully saturated rings. The summed E-state index contributed by atoms with van der Waals surface area (Å²) < 4.78 is 6.82. The Morgan fingerprint density at radius 1 is 1.33 bits per heavy atom. The van der Waals surface area contributed by atoms with Gasteiger partial charge in [-0.1, -0.05) is 0 Å². The van der Waals surface area contributed by atoms with Crippen molar-refractivity contribution in [2.45, 2.75) is 24.5 Å². The van der Waals surface area contributed by atoms with Crippen LogP contribution in [0.2, 0.25) is 0 Å². The van der Waals surface area contributed by atoms with Crippen molar-refractivity contribution in [2.75, 3.05) is 17.8 Å². The quantitative estimate of drug-likeness (QED) is 0.258. The van der Waals surface area contributed by atoms with Gasteiger partial charge in [0.2, 0.25) is 5.95 Å². The van der Waals surface area contributed by atoms with Crippen LogP contribution in [0.3, 0.4) is 0 Å². The highest BCUT2D eigenvalue weighted by Crippen LogP contribution is 2.32. The van der Waals surface area contributed by atoms with Crippen LogP contribution in [0.1, 0.15) is 6.23 Å². The van der Waals surface area contributed by atoms with Crippen molar-refractivity contribution in [3.05, 3.63) is 6.33 Å². The molecule has 3 rings (SSSR count). The number of hydrazine groups is 1. The zero-order chi connectivity index (χ0) is 15.1. The van der Waals surface area contributed by atoms with E-state index in [1.54, 1.807) is 0 Å². The van der Waals surface area contributed by atoms with Gasteiger partial charge in [0.15, 0.2) is 17.7 Å². The minimum absolute atomic E-state index is 0.0773. The molecule has 2 aromatic heterocycles. The Morgan fingerprint density at radius 2 is 2.10 bits per heavy atom. The third-order valence-corrected chi connectivity index (χ3v) is 3.37. The van der Waals surface area contributed by atoms with Crippen LogP contribution in [0.25, 0.3) is 11.2 Å². The maximum absolute atomic E-state index is 10.0. The first-order valence-electron chi connectivity index (χ1n) is 6.16. The molecule has 0 amide bonds. The molecule has 0 unspecified atom stereocenters. The number of ether oxygens (including phenoxy) is 1. The van der Waals surface area contributed by atoms with Gasteiger partial charge in [-0.2, -0.15) is 9.97 Å². The molecule has 0 bridgehead atoms. The summed E-state index contributed by atoms with van der Waals surface area (Å²) >= 11 is 0. The Morgan fingerprint density at radius 3 is 2.71 bits per heavy atom. The van der Waals surface area contributed by atoms with Crippen molar-refractivity contribution in [1.29, 1.82) is 0 Å². The van der Waals surface area contributed by atoms with E-state index < -0.39 is 31.1 Å². The molecule has 3 heterocycles. The van der Waals surface area contributed by atoms with Gasteiger partial charge in [-0.05, 0) is 0 Å². The number of aliphatic hydroxyl groups excluding tert-OH is 3. The lowest BCUT2D eigenvalue weighted by atomic mass is 10.1. The molecule has 0 aliphatic carbocycles. The first-order valence-corrected chi connectivity index (χ1v) is 6.16. The van der Waals surface area contributed by atoms with Gasteiger partial charge >= 0.3 is 0 Å². The lowest BCUT2D eigenvalue weighted by molar-refractivity contribution is -0.0511. The number of rotatable bonds is 3. The van der Waals surface area contributed by atoms with Crippen molar-refractivity contribution in [3.63, 3.8) is 0 Å². The lowest BCUT2D eigenvalue weighted by Crippen LogP contribution is -2.33. The van der Waals surface area contributed by atoms with Gasteiger partial charge in [-0.25, -0.2) is 10.8 Å². The number of fused-ring (bicyclic) bond motifs is 1. The first kappa shape index (κ1) is 13.9. The molecule has 0 aromatic carbocycles. The van der Waals surface area contributed by atoms with E-state index in [1.807, 2.05) is 0 Å². The van der Waals surface area contributed by atoms with Crippen LogP contribution < -0.4 is 17.0 Å². The predicted molar refractivity (Wildman–Crippen MR) is 70.6 cm³/mol. The molecule has 1 saturated heterocycles. The number of nitrogens with two attached hydrogens (primary N) is 2. The molecule has 11 heteroatoms. The fourth-order valence-corrected chi connectivity index (χ4v) is 2.30. The largest absolute Gasteiger partial charge is 0.394 e. The maximum atomic E-state index is 10.0. The fraction of sp³-hybridized carbons (Fsp3) is 0.500. The van der Waals surface area contributed by atoms with Crippen molar-refractivity contribution < 1.29 is 20.1 Å². The second-order valence-corrected chi connectivity index (χ2v) is 4.63. The van der Waals surface area contributed by atoms with Crippen LogP contribution in [0.15, 0.2) is 6.33 Å². The number of anilines is 2. The van der Waals surface area contributed by atoms with Crippen molar-refractivity contribution in [2.24, 2.45) is 5.84 Å². The second-order valence-electron chi connectivity index (χ2n) is 4.63. The van der Waals surface area contributed by atoms with E-state index in [9.17, 15) is 10.2 Å². The van der Waals surface area contributed by atoms with Crippen LogP contribution in [-0.2, 0) is 4.74 Å². The lowest BCUT2D eigenvalue weighted by Gasteiger charge is -2.16. The van der Waals surface area contributed by atoms with Crippen LogP contribution >= 0.6 is 0 Å². The summed E-state index contributed by atoms with van der Waals surface area (Å²) in [6, 6.07) is 0. The summed E-state index contributed by atoms with van der Waals surface area (Å²) in [5.74, 6) is 5.45. The van der Waals surface area contributed by atoms with Gasteiger partial charge in [0.05, 0.1) is 12.9 Å². The number of hydrogen-bond acceptors (Lipinski definition) is 10. The third-order valence-electron chi connectivity index (χ3n) is 3.37. The molecular formula is C10H15N7O4. The minimum Gasteiger partial charge on any atom is -0.394 e. The van der Waals surface area contributed by atoms with Gasteiger partial charge in [0, 0.05) is 0 Å². The maximum Gasteiger partial charge on any atom is 0.241 e. The molecule has 4 atom stereocenters. The molecule has 0 spiro atoms. The molecule has 2 aromatic rings. The van der Waals surface area contributed by atoms with E-state index in [2.05, 4.69) is 20.4 Å². The van der Waals surface area contributed by atoms with Crippen LogP contribution in [0, 0.1) is 0 Å². The Kier molecular flexibility index (Phi) is 3.35. The van der Waals surface area contributed by atoms with Crippen LogP contribution in [0.5, 0.6) is 0 Å². The SMILES string of the molecule is NNc1nc(N)c2ncn([C@@H]3O[C@H](CO)[C@@H](O)[C@@H]3O)c2n1. The topological polar surface area (TPSA) is 178 Å². The van der Waals surface area contributed by atoms with E-state index in [-0.39, 0.29) is 17.4 Å². The zero-order valence-corrected chi connectivity index (χ0v) is 10.8. The average Bonchev–Trinajstić information content (AvgIpc) is 3.02. The number of nitrogens with zero attached hydrogens (tertiary/aromatic N) is 4. The number of nitrogens with one attached hydrogen (secondary N) is 1. The predicted octanol–water partition coefficient (Wildman–Crippen LogP) is -2.69. The van der Waals surface area contributed by atoms with Crippen molar-refractivity contribution >= 4 is 22.9 Å². The summed E-state index contributed by atoms with van der Waals surface area (Å²) in [7, 11) is 0. The zero-order valence-electron chi connectivity index (χ0n) is 10.8. The summed E-state index contributed by atoms with van der Waals surface area (Å²) in [5.41, 5.74) is 8.61. The van der Waals surface area contributed by atoms with Crippen molar-refractivity contribution in [3.8, 4) is 0 Å². The van der Waals surface area contributed by atoms with E-state index in [0.29, 0.717) is 5.52 Å². The van der Waals surface area contributed by atoms with E-state index in [4.69, 9.17) is 21.4 Å². The van der Waals surface area contributed by atoms with E-state index >= 15 is 0 Å². The number of aliphatic hydroxyl groups is 3. The summed E-state index contributed by atoms with van der Waals surface area (Å²) in [6.07, 6.45) is -2.96. The highest BCUT2D eigenvalue weighted by Gasteiger charge is 2.44. The Balaban J connectivity index is 2.07. The second kappa shape index (κ2) is 5.05. The van der Waals surface area contributed by atoms with Gasteiger partial charge in [0.1, 0.15) is 23.8 Å². The summed E-state index contributed by atoms with van der Waals surface area (Å²) in [5, 5.41) is 28.9. The smallest absolute Gasteiger partial charge is 0.241 e. The molecule has 8 N–H and O–H groups in total. The van der Waals surface area contributed by atoms with Crippen LogP contribution in [0.4, 0.5) is 11.8 Å². The van der Waals surface area contributed by atoms with Gasteiger partial charge in [0.25, 0.3) is 0 Å². The highest BCUT2D eigenvalue weighted by atomic mass is 16.6. The third kappa shape index (κ3) is 2.07. The Bertz CT molecular complexity index is 662. The summed E-state index contributed by atoms with van der Waals surface area (Å²) in [4.78, 5) is 12.1. The molecule has 11 nitrogen and oxygen atoms in total. The Labute approximate surface area is 118 Å². The van der Waals surface area contributed by atoms with Crippen LogP contribution in [-0.4, -0.2) is 59.8 Å². The number of aromatic nitrogens is 4. The Hall–Kier alpha value is -2.05. The molecule has 1 aliphatic heterocycles. The first-order chi connectivity index (χ1) is 10.1. The van der Waals surface area contributed by atoms with Gasteiger partial charge < -0.3 is 25.8 Å². The average molecular weight is 297 g/mol. The molecule has 21 heavy (non-hydrogen) atoms. The molecule has 1 aliphatic rings. The molecular weight excluding hydrogens is 282 g/mol. The minimum atomic E-state index is -1.25. The normalized spacial score (nSPS) is 29.1. The van der Waals surface area contributed by atoms with E-state index in [0.717, 1.165) is 0 Å². The molecule has 0 saturated carbocycles. The number of hydrogen-bond donors (Lipinski definition) is 6. The monoisotopic (exact) mass is 297 g/mol. The number of nitrogen functional groups attached to an aromatic ring is 2. The molecule has 114 valence electrons. The summed E-state index contributed by atoms with van der Waals surface area (Å²) in [6.45, 7) is -0.423. The standard InChI is InChI=1S/C10H15N7O4/c11-7-4-8(15-10(14-7)16-12)17(2-13-4)9-6(20)5(19)3(1-18)21-9/h2-3,5-6,9,18-20H,1,12H2,(H3,11,14,15,16)/t3-,5-,6+,9-/m1/s1. The fourth-order valence-electron chi connectivity index (χ4n) is 2.30. The van der Waals surface area contributed by atoms with E-state index in [1.165, 1.54) is 10.9 Å². The van der Waals surface area contributed by atoms with Crippen molar-refractivity contribution in [1.82, 2.24) is 19.5 Å².